The highest BCUT2D eigenvalue weighted by molar-refractivity contribution is 6.16. The van der Waals surface area contributed by atoms with Gasteiger partial charge in [-0.1, -0.05) is 30.0 Å². The molecule has 9 heteroatoms. The Morgan fingerprint density at radius 2 is 1.72 bits per heavy atom. The predicted molar refractivity (Wildman–Crippen MR) is 130 cm³/mol. The lowest BCUT2D eigenvalue weighted by molar-refractivity contribution is -0.122. The highest BCUT2D eigenvalue weighted by atomic mass is 19.1. The molecular formula is C27H26F2N4O3. The molecule has 0 bridgehead atoms. The minimum absolute atomic E-state index is 0.0699. The largest absolute Gasteiger partial charge is 0.390 e. The number of aromatic nitrogens is 2. The molecule has 1 atom stereocenters. The maximum Gasteiger partial charge on any atom is 0.332 e. The molecule has 2 aromatic carbocycles. The first kappa shape index (κ1) is 25.1. The number of anilines is 1. The van der Waals surface area contributed by atoms with Gasteiger partial charge in [0.2, 0.25) is 5.91 Å². The van der Waals surface area contributed by atoms with Crippen molar-refractivity contribution < 1.29 is 23.5 Å². The third-order valence-electron chi connectivity index (χ3n) is 6.18. The third-order valence-corrected chi connectivity index (χ3v) is 6.18. The summed E-state index contributed by atoms with van der Waals surface area (Å²) in [4.78, 5) is 28.3. The van der Waals surface area contributed by atoms with Crippen LogP contribution in [0.15, 0.2) is 48.7 Å². The van der Waals surface area contributed by atoms with Crippen molar-refractivity contribution in [1.29, 1.82) is 0 Å². The summed E-state index contributed by atoms with van der Waals surface area (Å²) in [6.07, 6.45) is 1.55. The van der Waals surface area contributed by atoms with Gasteiger partial charge < -0.3 is 10.0 Å². The van der Waals surface area contributed by atoms with Crippen LogP contribution in [-0.4, -0.2) is 44.8 Å². The second-order valence-electron chi connectivity index (χ2n) is 9.67. The number of aromatic amines is 1. The average Bonchev–Trinajstić information content (AvgIpc) is 3.26. The van der Waals surface area contributed by atoms with E-state index < -0.39 is 40.4 Å². The number of hydrogen-bond acceptors (Lipinski definition) is 4. The Labute approximate surface area is 207 Å². The van der Waals surface area contributed by atoms with E-state index in [9.17, 15) is 14.7 Å². The van der Waals surface area contributed by atoms with Crippen LogP contribution in [0.5, 0.6) is 0 Å². The van der Waals surface area contributed by atoms with Crippen molar-refractivity contribution in [2.24, 2.45) is 0 Å². The smallest absolute Gasteiger partial charge is 0.332 e. The van der Waals surface area contributed by atoms with Crippen molar-refractivity contribution in [3.05, 3.63) is 82.7 Å². The van der Waals surface area contributed by atoms with Gasteiger partial charge in [0.25, 0.3) is 0 Å². The molecule has 1 aliphatic rings. The van der Waals surface area contributed by atoms with Gasteiger partial charge in [-0.3, -0.25) is 9.89 Å². The normalized spacial score (nSPS) is 18.3. The molecule has 1 fully saturated rings. The molecule has 2 heterocycles. The standard InChI is InChI=1S/C27H26F2N4O3/c1-26(2,36)14-19-16-30-31-24(19)27(3)15-22(34)33(25(35)32(27)4)23-20(28)12-18(13-21(23)29)11-10-17-8-6-5-7-9-17/h5-9,12-13,16,36H,14-15H2,1-4H3,(H,30,31)/t27-/m0/s1. The summed E-state index contributed by atoms with van der Waals surface area (Å²) in [5, 5.41) is 17.2. The van der Waals surface area contributed by atoms with Crippen LogP contribution in [0.4, 0.5) is 19.3 Å². The van der Waals surface area contributed by atoms with E-state index in [1.54, 1.807) is 51.2 Å². The number of aliphatic hydroxyl groups is 1. The maximum absolute atomic E-state index is 15.1. The SMILES string of the molecule is CN1C(=O)N(c2c(F)cc(C#Cc3ccccc3)cc2F)C(=O)C[C@@]1(C)c1n[nH]cc1CC(C)(C)O. The van der Waals surface area contributed by atoms with Crippen LogP contribution in [0, 0.1) is 23.5 Å². The first-order valence-corrected chi connectivity index (χ1v) is 11.3. The van der Waals surface area contributed by atoms with Crippen LogP contribution >= 0.6 is 0 Å². The molecule has 0 aliphatic carbocycles. The molecule has 1 aromatic heterocycles. The summed E-state index contributed by atoms with van der Waals surface area (Å²) in [5.41, 5.74) is -1.22. The third kappa shape index (κ3) is 4.72. The molecule has 0 spiro atoms. The fourth-order valence-corrected chi connectivity index (χ4v) is 4.32. The number of amides is 3. The molecule has 1 aliphatic heterocycles. The Balaban J connectivity index is 1.66. The van der Waals surface area contributed by atoms with Crippen LogP contribution in [0.25, 0.3) is 0 Å². The molecular weight excluding hydrogens is 466 g/mol. The van der Waals surface area contributed by atoms with Crippen molar-refractivity contribution in [3.8, 4) is 11.8 Å². The molecule has 3 aromatic rings. The number of H-pyrrole nitrogens is 1. The Hall–Kier alpha value is -4.03. The van der Waals surface area contributed by atoms with E-state index in [0.717, 1.165) is 12.1 Å². The van der Waals surface area contributed by atoms with Crippen LogP contribution < -0.4 is 4.90 Å². The molecule has 36 heavy (non-hydrogen) atoms. The zero-order valence-corrected chi connectivity index (χ0v) is 20.4. The fraction of sp³-hybridized carbons (Fsp3) is 0.296. The van der Waals surface area contributed by atoms with E-state index in [1.807, 2.05) is 6.07 Å². The number of imide groups is 1. The van der Waals surface area contributed by atoms with Crippen molar-refractivity contribution in [2.45, 2.75) is 44.8 Å². The van der Waals surface area contributed by atoms with Crippen molar-refractivity contribution >= 4 is 17.6 Å². The second kappa shape index (κ2) is 9.21. The summed E-state index contributed by atoms with van der Waals surface area (Å²) >= 11 is 0. The first-order valence-electron chi connectivity index (χ1n) is 11.3. The quantitative estimate of drug-likeness (QED) is 0.537. The van der Waals surface area contributed by atoms with Gasteiger partial charge in [-0.2, -0.15) is 5.10 Å². The average molecular weight is 493 g/mol. The van der Waals surface area contributed by atoms with Gasteiger partial charge in [0.1, 0.15) is 5.69 Å². The van der Waals surface area contributed by atoms with Crippen LogP contribution in [0.2, 0.25) is 0 Å². The summed E-state index contributed by atoms with van der Waals surface area (Å²) in [6.45, 7) is 4.92. The minimum Gasteiger partial charge on any atom is -0.390 e. The molecule has 1 saturated heterocycles. The number of urea groups is 1. The zero-order chi connectivity index (χ0) is 26.3. The molecule has 186 valence electrons. The summed E-state index contributed by atoms with van der Waals surface area (Å²) < 4.78 is 30.2. The van der Waals surface area contributed by atoms with Crippen molar-refractivity contribution in [2.75, 3.05) is 11.9 Å². The monoisotopic (exact) mass is 492 g/mol. The second-order valence-corrected chi connectivity index (χ2v) is 9.67. The van der Waals surface area contributed by atoms with E-state index in [0.29, 0.717) is 21.7 Å². The lowest BCUT2D eigenvalue weighted by Crippen LogP contribution is -2.60. The van der Waals surface area contributed by atoms with Crippen LogP contribution in [-0.2, 0) is 16.8 Å². The van der Waals surface area contributed by atoms with Gasteiger partial charge in [0.15, 0.2) is 11.6 Å². The van der Waals surface area contributed by atoms with E-state index in [1.165, 1.54) is 11.9 Å². The fourth-order valence-electron chi connectivity index (χ4n) is 4.32. The van der Waals surface area contributed by atoms with E-state index >= 15 is 8.78 Å². The number of carbonyl (C=O) groups is 2. The van der Waals surface area contributed by atoms with Gasteiger partial charge >= 0.3 is 6.03 Å². The predicted octanol–water partition coefficient (Wildman–Crippen LogP) is 4.11. The molecule has 4 rings (SSSR count). The zero-order valence-electron chi connectivity index (χ0n) is 20.4. The number of benzene rings is 2. The Kier molecular flexibility index (Phi) is 6.41. The first-order chi connectivity index (χ1) is 16.9. The highest BCUT2D eigenvalue weighted by Crippen LogP contribution is 2.40. The number of halogens is 2. The number of carbonyl (C=O) groups excluding carboxylic acids is 2. The van der Waals surface area contributed by atoms with Gasteiger partial charge in [0, 0.05) is 30.8 Å². The molecule has 0 radical (unpaired) electrons. The molecule has 2 N–H and O–H groups in total. The van der Waals surface area contributed by atoms with Gasteiger partial charge in [0.05, 0.1) is 23.3 Å². The maximum atomic E-state index is 15.1. The number of hydrogen-bond donors (Lipinski definition) is 2. The number of nitrogens with one attached hydrogen (secondary N) is 1. The number of rotatable bonds is 4. The molecule has 0 unspecified atom stereocenters. The summed E-state index contributed by atoms with van der Waals surface area (Å²) in [5.74, 6) is 2.59. The highest BCUT2D eigenvalue weighted by Gasteiger charge is 2.49. The summed E-state index contributed by atoms with van der Waals surface area (Å²) in [7, 11) is 1.44. The minimum atomic E-state index is -1.20. The topological polar surface area (TPSA) is 89.5 Å². The Morgan fingerprint density at radius 1 is 1.11 bits per heavy atom. The lowest BCUT2D eigenvalue weighted by Gasteiger charge is -2.45. The number of nitrogens with zero attached hydrogens (tertiary/aromatic N) is 3. The molecule has 3 amide bonds. The lowest BCUT2D eigenvalue weighted by atomic mass is 9.84. The van der Waals surface area contributed by atoms with Crippen molar-refractivity contribution in [1.82, 2.24) is 15.1 Å². The Bertz CT molecular complexity index is 1360. The molecule has 7 nitrogen and oxygen atoms in total. The van der Waals surface area contributed by atoms with E-state index in [-0.39, 0.29) is 18.4 Å². The van der Waals surface area contributed by atoms with E-state index in [4.69, 9.17) is 0 Å². The van der Waals surface area contributed by atoms with Gasteiger partial charge in [-0.05, 0) is 50.6 Å². The Morgan fingerprint density at radius 3 is 2.33 bits per heavy atom. The van der Waals surface area contributed by atoms with E-state index in [2.05, 4.69) is 22.0 Å². The summed E-state index contributed by atoms with van der Waals surface area (Å²) in [6, 6.07) is 10.0. The van der Waals surface area contributed by atoms with Gasteiger partial charge in [-0.25, -0.2) is 18.5 Å². The van der Waals surface area contributed by atoms with Crippen LogP contribution in [0.1, 0.15) is 49.6 Å². The van der Waals surface area contributed by atoms with Gasteiger partial charge in [-0.15, -0.1) is 0 Å². The van der Waals surface area contributed by atoms with Crippen molar-refractivity contribution in [3.63, 3.8) is 0 Å². The molecule has 0 saturated carbocycles. The van der Waals surface area contributed by atoms with Crippen LogP contribution in [0.3, 0.4) is 0 Å².